The Morgan fingerprint density at radius 3 is 3.09 bits per heavy atom. The highest BCUT2D eigenvalue weighted by Gasteiger charge is 2.35. The van der Waals surface area contributed by atoms with E-state index in [4.69, 9.17) is 9.47 Å². The van der Waals surface area contributed by atoms with Crippen molar-refractivity contribution in [2.24, 2.45) is 5.92 Å². The van der Waals surface area contributed by atoms with Crippen LogP contribution in [0.4, 0.5) is 5.69 Å². The number of amides is 2. The van der Waals surface area contributed by atoms with Gasteiger partial charge in [0.1, 0.15) is 5.75 Å². The molecule has 0 saturated carbocycles. The first-order valence-electron chi connectivity index (χ1n) is 8.01. The summed E-state index contributed by atoms with van der Waals surface area (Å²) in [6, 6.07) is 7.33. The smallest absolute Gasteiger partial charge is 0.227 e. The fourth-order valence-electron chi connectivity index (χ4n) is 3.08. The number of ether oxygens (including phenoxy) is 2. The first-order chi connectivity index (χ1) is 11.2. The van der Waals surface area contributed by atoms with Gasteiger partial charge in [-0.15, -0.1) is 0 Å². The second kappa shape index (κ2) is 7.00. The highest BCUT2D eigenvalue weighted by atomic mass is 16.5. The van der Waals surface area contributed by atoms with Crippen LogP contribution in [0.3, 0.4) is 0 Å². The highest BCUT2D eigenvalue weighted by molar-refractivity contribution is 6.00. The number of benzene rings is 1. The lowest BCUT2D eigenvalue weighted by molar-refractivity contribution is -0.126. The van der Waals surface area contributed by atoms with Gasteiger partial charge in [-0.3, -0.25) is 9.59 Å². The average molecular weight is 318 g/mol. The number of rotatable bonds is 5. The van der Waals surface area contributed by atoms with Crippen LogP contribution >= 0.6 is 0 Å². The van der Waals surface area contributed by atoms with E-state index < -0.39 is 0 Å². The Balaban J connectivity index is 1.58. The molecule has 6 heteroatoms. The van der Waals surface area contributed by atoms with Crippen molar-refractivity contribution >= 4 is 17.5 Å². The van der Waals surface area contributed by atoms with E-state index in [1.807, 2.05) is 24.3 Å². The Morgan fingerprint density at radius 1 is 1.48 bits per heavy atom. The van der Waals surface area contributed by atoms with Crippen molar-refractivity contribution in [3.05, 3.63) is 24.3 Å². The Bertz CT molecular complexity index is 584. The molecule has 1 aromatic carbocycles. The zero-order chi connectivity index (χ0) is 16.2. The number of nitrogens with one attached hydrogen (secondary N) is 1. The van der Waals surface area contributed by atoms with Crippen LogP contribution in [-0.4, -0.2) is 44.7 Å². The van der Waals surface area contributed by atoms with Gasteiger partial charge in [0.05, 0.1) is 19.1 Å². The quantitative estimate of drug-likeness (QED) is 0.890. The number of carbonyl (C=O) groups is 2. The van der Waals surface area contributed by atoms with Crippen LogP contribution < -0.4 is 15.0 Å². The second-order valence-corrected chi connectivity index (χ2v) is 5.99. The van der Waals surface area contributed by atoms with Crippen molar-refractivity contribution < 1.29 is 19.1 Å². The molecule has 2 fully saturated rings. The predicted octanol–water partition coefficient (Wildman–Crippen LogP) is 1.34. The van der Waals surface area contributed by atoms with Crippen LogP contribution in [0.5, 0.6) is 5.75 Å². The van der Waals surface area contributed by atoms with Crippen LogP contribution in [0, 0.1) is 5.92 Å². The summed E-state index contributed by atoms with van der Waals surface area (Å²) in [6.07, 6.45) is 2.39. The summed E-state index contributed by atoms with van der Waals surface area (Å²) in [5.74, 6) is 0.284. The van der Waals surface area contributed by atoms with Gasteiger partial charge in [0.15, 0.2) is 0 Å². The van der Waals surface area contributed by atoms with E-state index >= 15 is 0 Å². The van der Waals surface area contributed by atoms with Crippen molar-refractivity contribution in [3.8, 4) is 5.75 Å². The molecule has 0 aromatic heterocycles. The lowest BCUT2D eigenvalue weighted by atomic mass is 10.1. The molecule has 2 aliphatic heterocycles. The van der Waals surface area contributed by atoms with Crippen molar-refractivity contribution in [2.45, 2.75) is 25.4 Å². The molecule has 0 radical (unpaired) electrons. The van der Waals surface area contributed by atoms with E-state index in [0.717, 1.165) is 25.1 Å². The number of hydrogen-bond donors (Lipinski definition) is 1. The summed E-state index contributed by atoms with van der Waals surface area (Å²) in [5, 5.41) is 2.91. The Kier molecular flexibility index (Phi) is 4.81. The SMILES string of the molecule is COc1cccc(N2C[C@@H](C(=O)NC[C@H]3CCCO3)CC2=O)c1. The van der Waals surface area contributed by atoms with Crippen molar-refractivity contribution in [3.63, 3.8) is 0 Å². The minimum absolute atomic E-state index is 0.0319. The summed E-state index contributed by atoms with van der Waals surface area (Å²) < 4.78 is 10.7. The lowest BCUT2D eigenvalue weighted by Crippen LogP contribution is -2.37. The Morgan fingerprint density at radius 2 is 2.35 bits per heavy atom. The van der Waals surface area contributed by atoms with Crippen LogP contribution in [0.1, 0.15) is 19.3 Å². The van der Waals surface area contributed by atoms with E-state index in [9.17, 15) is 9.59 Å². The number of anilines is 1. The molecule has 124 valence electrons. The highest BCUT2D eigenvalue weighted by Crippen LogP contribution is 2.28. The predicted molar refractivity (Wildman–Crippen MR) is 85.4 cm³/mol. The minimum atomic E-state index is -0.310. The van der Waals surface area contributed by atoms with Crippen LogP contribution in [0.25, 0.3) is 0 Å². The van der Waals surface area contributed by atoms with E-state index in [2.05, 4.69) is 5.32 Å². The summed E-state index contributed by atoms with van der Waals surface area (Å²) in [6.45, 7) is 1.71. The van der Waals surface area contributed by atoms with Gasteiger partial charge < -0.3 is 19.7 Å². The number of hydrogen-bond acceptors (Lipinski definition) is 4. The van der Waals surface area contributed by atoms with Crippen molar-refractivity contribution in [1.82, 2.24) is 5.32 Å². The Labute approximate surface area is 135 Å². The average Bonchev–Trinajstić information content (AvgIpc) is 3.22. The maximum absolute atomic E-state index is 12.3. The number of nitrogens with zero attached hydrogens (tertiary/aromatic N) is 1. The Hall–Kier alpha value is -2.08. The number of methoxy groups -OCH3 is 1. The van der Waals surface area contributed by atoms with E-state index in [1.165, 1.54) is 0 Å². The minimum Gasteiger partial charge on any atom is -0.497 e. The zero-order valence-electron chi connectivity index (χ0n) is 13.3. The van der Waals surface area contributed by atoms with Gasteiger partial charge in [-0.1, -0.05) is 6.07 Å². The first-order valence-corrected chi connectivity index (χ1v) is 8.01. The van der Waals surface area contributed by atoms with Crippen LogP contribution in [0.15, 0.2) is 24.3 Å². The largest absolute Gasteiger partial charge is 0.497 e. The molecule has 1 aromatic rings. The molecule has 2 heterocycles. The van der Waals surface area contributed by atoms with Gasteiger partial charge in [0.2, 0.25) is 11.8 Å². The molecule has 1 N–H and O–H groups in total. The topological polar surface area (TPSA) is 67.9 Å². The molecule has 0 unspecified atom stereocenters. The first kappa shape index (κ1) is 15.8. The summed E-state index contributed by atoms with van der Waals surface area (Å²) in [7, 11) is 1.59. The molecular weight excluding hydrogens is 296 g/mol. The van der Waals surface area contributed by atoms with Gasteiger partial charge in [-0.05, 0) is 25.0 Å². The molecule has 0 bridgehead atoms. The maximum atomic E-state index is 12.3. The maximum Gasteiger partial charge on any atom is 0.227 e. The summed E-state index contributed by atoms with van der Waals surface area (Å²) in [4.78, 5) is 26.2. The van der Waals surface area contributed by atoms with E-state index in [0.29, 0.717) is 18.8 Å². The summed E-state index contributed by atoms with van der Waals surface area (Å²) >= 11 is 0. The molecule has 2 saturated heterocycles. The third-order valence-electron chi connectivity index (χ3n) is 4.39. The molecule has 2 atom stereocenters. The molecule has 2 amide bonds. The molecule has 23 heavy (non-hydrogen) atoms. The number of carbonyl (C=O) groups excluding carboxylic acids is 2. The fourth-order valence-corrected chi connectivity index (χ4v) is 3.08. The monoisotopic (exact) mass is 318 g/mol. The fraction of sp³-hybridized carbons (Fsp3) is 0.529. The molecule has 2 aliphatic rings. The van der Waals surface area contributed by atoms with E-state index in [1.54, 1.807) is 12.0 Å². The van der Waals surface area contributed by atoms with E-state index in [-0.39, 0.29) is 30.3 Å². The second-order valence-electron chi connectivity index (χ2n) is 5.99. The standard InChI is InChI=1S/C17H22N2O4/c1-22-14-5-2-4-13(9-14)19-11-12(8-16(19)20)17(21)18-10-15-6-3-7-23-15/h2,4-5,9,12,15H,3,6-8,10-11H2,1H3,(H,18,21)/t12-,15+/m0/s1. The lowest BCUT2D eigenvalue weighted by Gasteiger charge is -2.18. The molecule has 3 rings (SSSR count). The van der Waals surface area contributed by atoms with Crippen LogP contribution in [-0.2, 0) is 14.3 Å². The summed E-state index contributed by atoms with van der Waals surface area (Å²) in [5.41, 5.74) is 0.767. The molecular formula is C17H22N2O4. The van der Waals surface area contributed by atoms with Gasteiger partial charge >= 0.3 is 0 Å². The van der Waals surface area contributed by atoms with Crippen molar-refractivity contribution in [1.29, 1.82) is 0 Å². The van der Waals surface area contributed by atoms with Gasteiger partial charge in [-0.2, -0.15) is 0 Å². The third kappa shape index (κ3) is 3.64. The molecule has 0 spiro atoms. The molecule has 6 nitrogen and oxygen atoms in total. The van der Waals surface area contributed by atoms with Gasteiger partial charge in [-0.25, -0.2) is 0 Å². The van der Waals surface area contributed by atoms with Crippen molar-refractivity contribution in [2.75, 3.05) is 31.7 Å². The normalized spacial score (nSPS) is 24.0. The van der Waals surface area contributed by atoms with Crippen LogP contribution in [0.2, 0.25) is 0 Å². The van der Waals surface area contributed by atoms with Gasteiger partial charge in [0, 0.05) is 37.9 Å². The molecule has 0 aliphatic carbocycles. The van der Waals surface area contributed by atoms with Gasteiger partial charge in [0.25, 0.3) is 0 Å². The third-order valence-corrected chi connectivity index (χ3v) is 4.39. The zero-order valence-corrected chi connectivity index (χ0v) is 13.3.